The highest BCUT2D eigenvalue weighted by atomic mass is 32.1. The summed E-state index contributed by atoms with van der Waals surface area (Å²) in [6, 6.07) is 12.5. The molecule has 2 heterocycles. The van der Waals surface area contributed by atoms with Crippen molar-refractivity contribution in [2.75, 3.05) is 11.1 Å². The predicted molar refractivity (Wildman–Crippen MR) is 106 cm³/mol. The zero-order chi connectivity index (χ0) is 17.2. The van der Waals surface area contributed by atoms with E-state index in [1.54, 1.807) is 0 Å². The molecule has 1 saturated carbocycles. The molecule has 4 rings (SSSR count). The molecule has 0 unspecified atom stereocenters. The smallest absolute Gasteiger partial charge is 0.216 e. The van der Waals surface area contributed by atoms with Crippen molar-refractivity contribution in [2.45, 2.75) is 31.7 Å². The highest BCUT2D eigenvalue weighted by Crippen LogP contribution is 2.33. The molecule has 0 bridgehead atoms. The minimum absolute atomic E-state index is 0.0401. The van der Waals surface area contributed by atoms with Gasteiger partial charge in [0.25, 0.3) is 0 Å². The average molecular weight is 370 g/mol. The first-order chi connectivity index (χ1) is 12.2. The summed E-state index contributed by atoms with van der Waals surface area (Å²) < 4.78 is 0. The van der Waals surface area contributed by atoms with E-state index >= 15 is 0 Å². The van der Waals surface area contributed by atoms with Crippen LogP contribution in [0.25, 0.3) is 11.1 Å². The quantitative estimate of drug-likeness (QED) is 0.618. The molecule has 3 N–H and O–H groups in total. The predicted octanol–water partition coefficient (Wildman–Crippen LogP) is 5.04. The fourth-order valence-electron chi connectivity index (χ4n) is 3.15. The first-order valence-electron chi connectivity index (χ1n) is 8.42. The number of thiophene rings is 1. The molecular weight excluding hydrogens is 350 g/mol. The minimum atomic E-state index is -0.0401. The lowest BCUT2D eigenvalue weighted by atomic mass is 10.1. The van der Waals surface area contributed by atoms with Crippen molar-refractivity contribution >= 4 is 39.4 Å². The topological polar surface area (TPSA) is 68.0 Å². The summed E-state index contributed by atoms with van der Waals surface area (Å²) in [5.74, 6) is 0.284. The van der Waals surface area contributed by atoms with Crippen LogP contribution in [0.4, 0.5) is 10.9 Å². The van der Waals surface area contributed by atoms with Crippen molar-refractivity contribution in [3.63, 3.8) is 0 Å². The first kappa shape index (κ1) is 16.3. The maximum absolute atomic E-state index is 12.8. The molecule has 1 aromatic carbocycles. The maximum Gasteiger partial charge on any atom is 0.216 e. The summed E-state index contributed by atoms with van der Waals surface area (Å²) in [4.78, 5) is 18.4. The van der Waals surface area contributed by atoms with Crippen molar-refractivity contribution < 1.29 is 4.79 Å². The summed E-state index contributed by atoms with van der Waals surface area (Å²) in [6.45, 7) is 0. The normalized spacial score (nSPS) is 14.7. The zero-order valence-corrected chi connectivity index (χ0v) is 15.3. The van der Waals surface area contributed by atoms with E-state index in [0.29, 0.717) is 21.6 Å². The van der Waals surface area contributed by atoms with E-state index in [1.165, 1.54) is 35.5 Å². The Balaban J connectivity index is 1.55. The number of nitrogens with one attached hydrogen (secondary N) is 1. The van der Waals surface area contributed by atoms with E-state index in [-0.39, 0.29) is 5.78 Å². The lowest BCUT2D eigenvalue weighted by Gasteiger charge is -2.09. The number of nitrogens with zero attached hydrogens (tertiary/aromatic N) is 1. The van der Waals surface area contributed by atoms with Crippen LogP contribution in [0.1, 0.15) is 40.2 Å². The Bertz CT molecular complexity index is 879. The van der Waals surface area contributed by atoms with E-state index in [4.69, 9.17) is 5.73 Å². The summed E-state index contributed by atoms with van der Waals surface area (Å²) in [5.41, 5.74) is 8.18. The molecule has 128 valence electrons. The van der Waals surface area contributed by atoms with Crippen molar-refractivity contribution in [1.82, 2.24) is 4.98 Å². The lowest BCUT2D eigenvalue weighted by Crippen LogP contribution is -2.14. The van der Waals surface area contributed by atoms with Crippen LogP contribution in [-0.4, -0.2) is 16.8 Å². The summed E-state index contributed by atoms with van der Waals surface area (Å²) >= 11 is 2.82. The van der Waals surface area contributed by atoms with Crippen molar-refractivity contribution in [2.24, 2.45) is 0 Å². The van der Waals surface area contributed by atoms with Gasteiger partial charge in [-0.25, -0.2) is 4.98 Å². The van der Waals surface area contributed by atoms with Gasteiger partial charge in [-0.15, -0.1) is 11.3 Å². The molecule has 0 spiro atoms. The van der Waals surface area contributed by atoms with Gasteiger partial charge in [0.15, 0.2) is 5.13 Å². The third-order valence-corrected chi connectivity index (χ3v) is 6.40. The Morgan fingerprint density at radius 2 is 1.92 bits per heavy atom. The Morgan fingerprint density at radius 1 is 1.16 bits per heavy atom. The second kappa shape index (κ2) is 6.98. The van der Waals surface area contributed by atoms with Gasteiger partial charge >= 0.3 is 0 Å². The number of thiazole rings is 1. The summed E-state index contributed by atoms with van der Waals surface area (Å²) in [5, 5.41) is 6.19. The Hall–Kier alpha value is -2.18. The molecular formula is C19H19N3OS2. The molecule has 1 aliphatic rings. The molecule has 0 saturated heterocycles. The molecule has 4 nitrogen and oxygen atoms in total. The number of nitrogen functional groups attached to an aromatic ring is 1. The van der Waals surface area contributed by atoms with E-state index < -0.39 is 0 Å². The minimum Gasteiger partial charge on any atom is -0.382 e. The number of ketones is 1. The van der Waals surface area contributed by atoms with Crippen molar-refractivity contribution in [3.8, 4) is 11.1 Å². The summed E-state index contributed by atoms with van der Waals surface area (Å²) in [7, 11) is 0. The number of nitrogens with two attached hydrogens (primary N) is 1. The number of aromatic nitrogens is 1. The largest absolute Gasteiger partial charge is 0.382 e. The van der Waals surface area contributed by atoms with Crippen LogP contribution in [0.2, 0.25) is 0 Å². The van der Waals surface area contributed by atoms with Gasteiger partial charge in [0, 0.05) is 6.04 Å². The maximum atomic E-state index is 12.8. The Morgan fingerprint density at radius 3 is 2.68 bits per heavy atom. The summed E-state index contributed by atoms with van der Waals surface area (Å²) in [6.07, 6.45) is 4.83. The highest BCUT2D eigenvalue weighted by molar-refractivity contribution is 7.19. The number of carbonyl (C=O) groups excluding carboxylic acids is 1. The third-order valence-electron chi connectivity index (χ3n) is 4.47. The fraction of sp³-hybridized carbons (Fsp3) is 0.263. The SMILES string of the molecule is Nc1nc(NC2CCCC2)sc1C(=O)c1cc(-c2ccccc2)cs1. The molecule has 0 amide bonds. The first-order valence-corrected chi connectivity index (χ1v) is 10.1. The van der Waals surface area contributed by atoms with Gasteiger partial charge in [-0.1, -0.05) is 54.5 Å². The van der Waals surface area contributed by atoms with Crippen molar-refractivity contribution in [3.05, 3.63) is 51.5 Å². The monoisotopic (exact) mass is 369 g/mol. The van der Waals surface area contributed by atoms with Gasteiger partial charge in [-0.3, -0.25) is 4.79 Å². The number of benzene rings is 1. The van der Waals surface area contributed by atoms with Crippen LogP contribution in [-0.2, 0) is 0 Å². The van der Waals surface area contributed by atoms with E-state index in [0.717, 1.165) is 29.1 Å². The van der Waals surface area contributed by atoms with Crippen LogP contribution >= 0.6 is 22.7 Å². The van der Waals surface area contributed by atoms with Crippen molar-refractivity contribution in [1.29, 1.82) is 0 Å². The van der Waals surface area contributed by atoms with Gasteiger partial charge in [-0.2, -0.15) is 0 Å². The molecule has 6 heteroatoms. The molecule has 25 heavy (non-hydrogen) atoms. The molecule has 1 aliphatic carbocycles. The van der Waals surface area contributed by atoms with Gasteiger partial charge in [0.2, 0.25) is 5.78 Å². The van der Waals surface area contributed by atoms with Crippen LogP contribution in [0, 0.1) is 0 Å². The average Bonchev–Trinajstić information content (AvgIpc) is 3.36. The Labute approximate surface area is 154 Å². The van der Waals surface area contributed by atoms with Crippen LogP contribution in [0.15, 0.2) is 41.8 Å². The number of hydrogen-bond donors (Lipinski definition) is 2. The molecule has 1 fully saturated rings. The van der Waals surface area contributed by atoms with Crippen LogP contribution in [0.5, 0.6) is 0 Å². The zero-order valence-electron chi connectivity index (χ0n) is 13.7. The number of rotatable bonds is 5. The standard InChI is InChI=1S/C19H19N3OS2/c20-18-17(25-19(22-18)21-14-8-4-5-9-14)16(23)15-10-13(11-24-15)12-6-2-1-3-7-12/h1-3,6-7,10-11,14H,4-5,8-9,20H2,(H,21,22). The van der Waals surface area contributed by atoms with Gasteiger partial charge in [0.05, 0.1) is 4.88 Å². The van der Waals surface area contributed by atoms with Gasteiger partial charge in [-0.05, 0) is 35.4 Å². The fourth-order valence-corrected chi connectivity index (χ4v) is 4.99. The lowest BCUT2D eigenvalue weighted by molar-refractivity contribution is 0.104. The molecule has 2 aromatic heterocycles. The van der Waals surface area contributed by atoms with Crippen LogP contribution < -0.4 is 11.1 Å². The van der Waals surface area contributed by atoms with E-state index in [9.17, 15) is 4.79 Å². The second-order valence-corrected chi connectivity index (χ2v) is 8.16. The van der Waals surface area contributed by atoms with E-state index in [1.807, 2.05) is 41.8 Å². The van der Waals surface area contributed by atoms with Crippen LogP contribution in [0.3, 0.4) is 0 Å². The third kappa shape index (κ3) is 3.45. The molecule has 3 aromatic rings. The molecule has 0 atom stereocenters. The highest BCUT2D eigenvalue weighted by Gasteiger charge is 2.22. The number of hydrogen-bond acceptors (Lipinski definition) is 6. The number of anilines is 2. The van der Waals surface area contributed by atoms with Gasteiger partial charge in [0.1, 0.15) is 10.7 Å². The second-order valence-electron chi connectivity index (χ2n) is 6.25. The number of carbonyl (C=O) groups is 1. The molecule has 0 aliphatic heterocycles. The molecule has 0 radical (unpaired) electrons. The van der Waals surface area contributed by atoms with Gasteiger partial charge < -0.3 is 11.1 Å². The van der Waals surface area contributed by atoms with E-state index in [2.05, 4.69) is 10.3 Å². The Kier molecular flexibility index (Phi) is 4.55.